The average molecular weight is 285 g/mol. The number of aromatic nitrogens is 2. The van der Waals surface area contributed by atoms with E-state index >= 15 is 0 Å². The van der Waals surface area contributed by atoms with Gasteiger partial charge in [0.2, 0.25) is 5.91 Å². The highest BCUT2D eigenvalue weighted by molar-refractivity contribution is 7.13. The fourth-order valence-corrected chi connectivity index (χ4v) is 2.62. The number of aryl methyl sites for hydroxylation is 1. The third kappa shape index (κ3) is 2.33. The van der Waals surface area contributed by atoms with E-state index in [4.69, 9.17) is 10.3 Å². The van der Waals surface area contributed by atoms with Crippen molar-refractivity contribution in [3.8, 4) is 22.0 Å². The Labute approximate surface area is 119 Å². The van der Waals surface area contributed by atoms with Crippen LogP contribution in [0.25, 0.3) is 22.0 Å². The number of hydrogen-bond acceptors (Lipinski definition) is 5. The highest BCUT2D eigenvalue weighted by Crippen LogP contribution is 2.29. The van der Waals surface area contributed by atoms with Crippen LogP contribution < -0.4 is 5.73 Å². The van der Waals surface area contributed by atoms with E-state index in [9.17, 15) is 4.79 Å². The van der Waals surface area contributed by atoms with Gasteiger partial charge in [-0.25, -0.2) is 4.98 Å². The van der Waals surface area contributed by atoms with E-state index < -0.39 is 5.91 Å². The normalized spacial score (nSPS) is 10.7. The molecule has 1 amide bonds. The van der Waals surface area contributed by atoms with E-state index in [0.717, 1.165) is 22.0 Å². The Balaban J connectivity index is 1.98. The lowest BCUT2D eigenvalue weighted by Crippen LogP contribution is -2.10. The van der Waals surface area contributed by atoms with E-state index in [-0.39, 0.29) is 0 Å². The van der Waals surface area contributed by atoms with Crippen molar-refractivity contribution in [1.29, 1.82) is 0 Å². The van der Waals surface area contributed by atoms with Crippen LogP contribution in [0.4, 0.5) is 0 Å². The van der Waals surface area contributed by atoms with Crippen molar-refractivity contribution in [2.24, 2.45) is 5.73 Å². The van der Waals surface area contributed by atoms with Crippen molar-refractivity contribution < 1.29 is 9.32 Å². The fraction of sp³-hybridized carbons (Fsp3) is 0.0714. The summed E-state index contributed by atoms with van der Waals surface area (Å²) in [6.07, 6.45) is 0. The topological polar surface area (TPSA) is 82.0 Å². The van der Waals surface area contributed by atoms with Gasteiger partial charge < -0.3 is 10.3 Å². The molecule has 0 unspecified atom stereocenters. The van der Waals surface area contributed by atoms with E-state index in [1.54, 1.807) is 18.2 Å². The zero-order chi connectivity index (χ0) is 14.1. The summed E-state index contributed by atoms with van der Waals surface area (Å²) in [6, 6.07) is 8.92. The Kier molecular flexibility index (Phi) is 3.08. The van der Waals surface area contributed by atoms with Crippen LogP contribution >= 0.6 is 11.3 Å². The minimum absolute atomic E-state index is 0.450. The number of benzene rings is 1. The minimum atomic E-state index is -0.450. The van der Waals surface area contributed by atoms with Gasteiger partial charge in [0, 0.05) is 22.6 Å². The number of nitrogens with zero attached hydrogens (tertiary/aromatic N) is 2. The van der Waals surface area contributed by atoms with Crippen LogP contribution in [0.3, 0.4) is 0 Å². The quantitative estimate of drug-likeness (QED) is 0.802. The van der Waals surface area contributed by atoms with E-state index in [2.05, 4.69) is 10.1 Å². The van der Waals surface area contributed by atoms with Gasteiger partial charge in [-0.15, -0.1) is 11.3 Å². The van der Waals surface area contributed by atoms with Crippen LogP contribution in [0, 0.1) is 6.92 Å². The van der Waals surface area contributed by atoms with Crippen LogP contribution in [-0.4, -0.2) is 16.0 Å². The molecule has 0 saturated heterocycles. The van der Waals surface area contributed by atoms with Crippen molar-refractivity contribution in [2.75, 3.05) is 0 Å². The monoisotopic (exact) mass is 285 g/mol. The lowest BCUT2D eigenvalue weighted by molar-refractivity contribution is 0.100. The van der Waals surface area contributed by atoms with Gasteiger partial charge in [0.05, 0.1) is 5.69 Å². The van der Waals surface area contributed by atoms with E-state index in [0.29, 0.717) is 11.3 Å². The first-order chi connectivity index (χ1) is 9.63. The molecule has 1 aromatic carbocycles. The zero-order valence-corrected chi connectivity index (χ0v) is 11.5. The molecule has 2 N–H and O–H groups in total. The Hall–Kier alpha value is -2.47. The summed E-state index contributed by atoms with van der Waals surface area (Å²) in [5.74, 6) is 0.186. The van der Waals surface area contributed by atoms with Gasteiger partial charge in [-0.05, 0) is 19.1 Å². The Morgan fingerprint density at radius 2 is 2.20 bits per heavy atom. The Bertz CT molecular complexity index is 776. The van der Waals surface area contributed by atoms with Crippen molar-refractivity contribution in [3.63, 3.8) is 0 Å². The number of amides is 1. The van der Waals surface area contributed by atoms with Crippen LogP contribution in [0.15, 0.2) is 40.2 Å². The maximum atomic E-state index is 11.2. The molecule has 20 heavy (non-hydrogen) atoms. The molecule has 0 aliphatic rings. The van der Waals surface area contributed by atoms with Gasteiger partial charge in [-0.1, -0.05) is 17.3 Å². The smallest absolute Gasteiger partial charge is 0.248 e. The van der Waals surface area contributed by atoms with Crippen LogP contribution in [0.1, 0.15) is 16.1 Å². The first-order valence-electron chi connectivity index (χ1n) is 5.93. The number of nitrogens with two attached hydrogens (primary N) is 1. The molecular formula is C14H11N3O2S. The number of hydrogen-bond donors (Lipinski definition) is 1. The summed E-state index contributed by atoms with van der Waals surface area (Å²) in [4.78, 5) is 15.7. The van der Waals surface area contributed by atoms with Gasteiger partial charge in [0.15, 0.2) is 5.76 Å². The predicted octanol–water partition coefficient (Wildman–Crippen LogP) is 2.87. The molecule has 6 heteroatoms. The molecule has 5 nitrogen and oxygen atoms in total. The molecule has 0 fully saturated rings. The second-order valence-electron chi connectivity index (χ2n) is 4.32. The maximum absolute atomic E-state index is 11.2. The zero-order valence-electron chi connectivity index (χ0n) is 10.7. The van der Waals surface area contributed by atoms with Crippen LogP contribution in [0.2, 0.25) is 0 Å². The third-order valence-electron chi connectivity index (χ3n) is 2.78. The Morgan fingerprint density at radius 1 is 1.35 bits per heavy atom. The molecule has 3 rings (SSSR count). The van der Waals surface area contributed by atoms with E-state index in [1.165, 1.54) is 11.3 Å². The van der Waals surface area contributed by atoms with Gasteiger partial charge >= 0.3 is 0 Å². The largest absolute Gasteiger partial charge is 0.366 e. The van der Waals surface area contributed by atoms with Crippen molar-refractivity contribution in [2.45, 2.75) is 6.92 Å². The van der Waals surface area contributed by atoms with Gasteiger partial charge in [-0.3, -0.25) is 4.79 Å². The molecule has 0 aliphatic carbocycles. The maximum Gasteiger partial charge on any atom is 0.248 e. The summed E-state index contributed by atoms with van der Waals surface area (Å²) >= 11 is 1.48. The summed E-state index contributed by atoms with van der Waals surface area (Å²) in [6.45, 7) is 1.86. The number of primary amides is 1. The van der Waals surface area contributed by atoms with Crippen LogP contribution in [0.5, 0.6) is 0 Å². The minimum Gasteiger partial charge on any atom is -0.366 e. The molecule has 0 radical (unpaired) electrons. The fourth-order valence-electron chi connectivity index (χ4n) is 1.81. The Morgan fingerprint density at radius 3 is 2.90 bits per heavy atom. The molecule has 0 spiro atoms. The predicted molar refractivity (Wildman–Crippen MR) is 76.3 cm³/mol. The number of thiazole rings is 1. The summed E-state index contributed by atoms with van der Waals surface area (Å²) < 4.78 is 5.18. The van der Waals surface area contributed by atoms with Crippen molar-refractivity contribution in [3.05, 3.63) is 47.0 Å². The van der Waals surface area contributed by atoms with Gasteiger partial charge in [0.25, 0.3) is 0 Å². The summed E-state index contributed by atoms with van der Waals surface area (Å²) in [5.41, 5.74) is 8.15. The summed E-state index contributed by atoms with van der Waals surface area (Å²) in [5, 5.41) is 6.54. The molecule has 0 bridgehead atoms. The second-order valence-corrected chi connectivity index (χ2v) is 5.17. The van der Waals surface area contributed by atoms with Gasteiger partial charge in [-0.2, -0.15) is 0 Å². The molecular weight excluding hydrogens is 274 g/mol. The lowest BCUT2D eigenvalue weighted by Gasteiger charge is -1.98. The molecule has 0 saturated carbocycles. The SMILES string of the molecule is Cc1cc(-c2csc(-c3cccc(C(N)=O)c3)n2)on1. The van der Waals surface area contributed by atoms with Crippen molar-refractivity contribution >= 4 is 17.2 Å². The average Bonchev–Trinajstić information content (AvgIpc) is 3.07. The second kappa shape index (κ2) is 4.90. The molecule has 2 aromatic heterocycles. The number of carbonyl (C=O) groups is 1. The molecule has 100 valence electrons. The van der Waals surface area contributed by atoms with E-state index in [1.807, 2.05) is 24.4 Å². The van der Waals surface area contributed by atoms with Crippen molar-refractivity contribution in [1.82, 2.24) is 10.1 Å². The molecule has 3 aromatic rings. The highest BCUT2D eigenvalue weighted by Gasteiger charge is 2.11. The lowest BCUT2D eigenvalue weighted by atomic mass is 10.1. The first kappa shape index (κ1) is 12.6. The third-order valence-corrected chi connectivity index (χ3v) is 3.67. The summed E-state index contributed by atoms with van der Waals surface area (Å²) in [7, 11) is 0. The first-order valence-corrected chi connectivity index (χ1v) is 6.81. The molecule has 2 heterocycles. The number of rotatable bonds is 3. The highest BCUT2D eigenvalue weighted by atomic mass is 32.1. The molecule has 0 aliphatic heterocycles. The van der Waals surface area contributed by atoms with Crippen LogP contribution in [-0.2, 0) is 0 Å². The van der Waals surface area contributed by atoms with Gasteiger partial charge in [0.1, 0.15) is 10.7 Å². The molecule has 0 atom stereocenters. The number of carbonyl (C=O) groups excluding carboxylic acids is 1. The standard InChI is InChI=1S/C14H11N3O2S/c1-8-5-12(19-17-8)11-7-20-14(16-11)10-4-2-3-9(6-10)13(15)18/h2-7H,1H3,(H2,15,18).